The Hall–Kier alpha value is -0.870. The predicted octanol–water partition coefficient (Wildman–Crippen LogP) is 1.92. The third-order valence-electron chi connectivity index (χ3n) is 4.67. The molecule has 108 valence electrons. The first-order valence-corrected chi connectivity index (χ1v) is 7.40. The predicted molar refractivity (Wildman–Crippen MR) is 74.9 cm³/mol. The van der Waals surface area contributed by atoms with Gasteiger partial charge in [0.1, 0.15) is 0 Å². The Morgan fingerprint density at radius 3 is 2.47 bits per heavy atom. The van der Waals surface area contributed by atoms with Crippen LogP contribution in [0.5, 0.6) is 0 Å². The van der Waals surface area contributed by atoms with Crippen molar-refractivity contribution in [1.82, 2.24) is 9.78 Å². The van der Waals surface area contributed by atoms with Gasteiger partial charge < -0.3 is 10.2 Å². The van der Waals surface area contributed by atoms with Crippen LogP contribution in [-0.4, -0.2) is 33.2 Å². The van der Waals surface area contributed by atoms with Crippen LogP contribution in [0.4, 0.5) is 0 Å². The Balaban J connectivity index is 2.24. The SMILES string of the molecule is CCn1nc(C)cc1CC(CO)(CO)C1CCCC1. The maximum atomic E-state index is 9.88. The maximum absolute atomic E-state index is 9.88. The van der Waals surface area contributed by atoms with E-state index in [4.69, 9.17) is 0 Å². The summed E-state index contributed by atoms with van der Waals surface area (Å²) in [5.41, 5.74) is 1.76. The number of hydrogen-bond donors (Lipinski definition) is 2. The van der Waals surface area contributed by atoms with Crippen molar-refractivity contribution in [3.8, 4) is 0 Å². The Bertz CT molecular complexity index is 404. The molecule has 1 aromatic heterocycles. The molecule has 1 saturated carbocycles. The van der Waals surface area contributed by atoms with Crippen molar-refractivity contribution in [3.63, 3.8) is 0 Å². The molecule has 0 spiro atoms. The Labute approximate surface area is 115 Å². The molecule has 0 bridgehead atoms. The maximum Gasteiger partial charge on any atom is 0.0596 e. The highest BCUT2D eigenvalue weighted by Crippen LogP contribution is 2.41. The molecule has 19 heavy (non-hydrogen) atoms. The normalized spacial score (nSPS) is 17.3. The molecule has 2 N–H and O–H groups in total. The number of hydrogen-bond acceptors (Lipinski definition) is 3. The Kier molecular flexibility index (Phi) is 4.63. The lowest BCUT2D eigenvalue weighted by atomic mass is 9.72. The summed E-state index contributed by atoms with van der Waals surface area (Å²) in [6, 6.07) is 2.08. The highest BCUT2D eigenvalue weighted by atomic mass is 16.3. The van der Waals surface area contributed by atoms with Gasteiger partial charge in [-0.3, -0.25) is 4.68 Å². The number of rotatable bonds is 6. The van der Waals surface area contributed by atoms with E-state index in [-0.39, 0.29) is 18.6 Å². The van der Waals surface area contributed by atoms with Gasteiger partial charge in [-0.2, -0.15) is 5.10 Å². The van der Waals surface area contributed by atoms with Crippen LogP contribution in [-0.2, 0) is 13.0 Å². The highest BCUT2D eigenvalue weighted by molar-refractivity contribution is 5.12. The van der Waals surface area contributed by atoms with Crippen molar-refractivity contribution < 1.29 is 10.2 Å². The van der Waals surface area contributed by atoms with Gasteiger partial charge in [-0.05, 0) is 45.1 Å². The summed E-state index contributed by atoms with van der Waals surface area (Å²) in [5, 5.41) is 24.2. The van der Waals surface area contributed by atoms with Gasteiger partial charge in [-0.1, -0.05) is 12.8 Å². The Morgan fingerprint density at radius 1 is 1.32 bits per heavy atom. The first-order valence-electron chi connectivity index (χ1n) is 7.40. The quantitative estimate of drug-likeness (QED) is 0.827. The highest BCUT2D eigenvalue weighted by Gasteiger charge is 2.40. The molecule has 1 aromatic rings. The summed E-state index contributed by atoms with van der Waals surface area (Å²) in [5.74, 6) is 0.433. The molecular formula is C15H26N2O2. The Morgan fingerprint density at radius 2 is 1.95 bits per heavy atom. The molecule has 1 fully saturated rings. The van der Waals surface area contributed by atoms with Gasteiger partial charge in [-0.25, -0.2) is 0 Å². The first-order chi connectivity index (χ1) is 9.15. The molecule has 0 atom stereocenters. The van der Waals surface area contributed by atoms with E-state index < -0.39 is 0 Å². The molecule has 0 saturated heterocycles. The van der Waals surface area contributed by atoms with Crippen LogP contribution in [0.3, 0.4) is 0 Å². The second kappa shape index (κ2) is 6.06. The van der Waals surface area contributed by atoms with Gasteiger partial charge >= 0.3 is 0 Å². The largest absolute Gasteiger partial charge is 0.396 e. The van der Waals surface area contributed by atoms with Gasteiger partial charge in [0, 0.05) is 17.7 Å². The zero-order valence-electron chi connectivity index (χ0n) is 12.1. The molecule has 2 rings (SSSR count). The monoisotopic (exact) mass is 266 g/mol. The van der Waals surface area contributed by atoms with E-state index in [2.05, 4.69) is 18.1 Å². The van der Waals surface area contributed by atoms with Gasteiger partial charge in [0.25, 0.3) is 0 Å². The second-order valence-corrected chi connectivity index (χ2v) is 5.93. The minimum Gasteiger partial charge on any atom is -0.396 e. The lowest BCUT2D eigenvalue weighted by Crippen LogP contribution is -2.39. The number of aryl methyl sites for hydroxylation is 2. The summed E-state index contributed by atoms with van der Waals surface area (Å²) in [4.78, 5) is 0. The summed E-state index contributed by atoms with van der Waals surface area (Å²) in [6.07, 6.45) is 5.41. The number of nitrogens with zero attached hydrogens (tertiary/aromatic N) is 2. The fraction of sp³-hybridized carbons (Fsp3) is 0.800. The third-order valence-corrected chi connectivity index (χ3v) is 4.67. The number of aliphatic hydroxyl groups is 2. The third kappa shape index (κ3) is 2.84. The fourth-order valence-electron chi connectivity index (χ4n) is 3.48. The lowest BCUT2D eigenvalue weighted by Gasteiger charge is -2.36. The molecule has 0 aromatic carbocycles. The molecule has 4 heteroatoms. The minimum atomic E-state index is -0.379. The molecule has 1 heterocycles. The molecule has 0 unspecified atom stereocenters. The van der Waals surface area contributed by atoms with Gasteiger partial charge in [0.05, 0.1) is 18.9 Å². The van der Waals surface area contributed by atoms with Crippen molar-refractivity contribution in [1.29, 1.82) is 0 Å². The molecule has 1 aliphatic rings. The average molecular weight is 266 g/mol. The van der Waals surface area contributed by atoms with Crippen molar-refractivity contribution >= 4 is 0 Å². The zero-order valence-corrected chi connectivity index (χ0v) is 12.1. The van der Waals surface area contributed by atoms with E-state index in [0.717, 1.165) is 37.2 Å². The minimum absolute atomic E-state index is 0.0576. The molecular weight excluding hydrogens is 240 g/mol. The molecule has 0 aliphatic heterocycles. The van der Waals surface area contributed by atoms with Crippen LogP contribution in [0.15, 0.2) is 6.07 Å². The van der Waals surface area contributed by atoms with E-state index in [1.165, 1.54) is 12.8 Å². The zero-order chi connectivity index (χ0) is 13.9. The van der Waals surface area contributed by atoms with Gasteiger partial charge in [0.15, 0.2) is 0 Å². The van der Waals surface area contributed by atoms with Crippen LogP contribution < -0.4 is 0 Å². The van der Waals surface area contributed by atoms with E-state index in [1.807, 2.05) is 11.6 Å². The van der Waals surface area contributed by atoms with Crippen molar-refractivity contribution in [2.24, 2.45) is 11.3 Å². The summed E-state index contributed by atoms with van der Waals surface area (Å²) in [7, 11) is 0. The van der Waals surface area contributed by atoms with Gasteiger partial charge in [-0.15, -0.1) is 0 Å². The van der Waals surface area contributed by atoms with Crippen LogP contribution in [0.25, 0.3) is 0 Å². The molecule has 1 aliphatic carbocycles. The van der Waals surface area contributed by atoms with Crippen LogP contribution in [0.2, 0.25) is 0 Å². The number of aromatic nitrogens is 2. The summed E-state index contributed by atoms with van der Waals surface area (Å²) in [6.45, 7) is 5.01. The van der Waals surface area contributed by atoms with Crippen LogP contribution in [0, 0.1) is 18.3 Å². The first kappa shape index (κ1) is 14.5. The molecule has 4 nitrogen and oxygen atoms in total. The van der Waals surface area contributed by atoms with E-state index in [9.17, 15) is 10.2 Å². The van der Waals surface area contributed by atoms with Crippen molar-refractivity contribution in [3.05, 3.63) is 17.5 Å². The number of aliphatic hydroxyl groups excluding tert-OH is 2. The van der Waals surface area contributed by atoms with Crippen LogP contribution in [0.1, 0.15) is 44.0 Å². The van der Waals surface area contributed by atoms with E-state index in [0.29, 0.717) is 5.92 Å². The topological polar surface area (TPSA) is 58.3 Å². The standard InChI is InChI=1S/C15H26N2O2/c1-3-17-14(8-12(2)16-17)9-15(10-18,11-19)13-6-4-5-7-13/h8,13,18-19H,3-7,9-11H2,1-2H3. The smallest absolute Gasteiger partial charge is 0.0596 e. The van der Waals surface area contributed by atoms with E-state index in [1.54, 1.807) is 0 Å². The van der Waals surface area contributed by atoms with Gasteiger partial charge in [0.2, 0.25) is 0 Å². The van der Waals surface area contributed by atoms with Crippen molar-refractivity contribution in [2.45, 2.75) is 52.5 Å². The summed E-state index contributed by atoms with van der Waals surface area (Å²) >= 11 is 0. The average Bonchev–Trinajstić information content (AvgIpc) is 3.05. The molecule has 0 amide bonds. The van der Waals surface area contributed by atoms with Crippen molar-refractivity contribution in [2.75, 3.05) is 13.2 Å². The molecule has 0 radical (unpaired) electrons. The fourth-order valence-corrected chi connectivity index (χ4v) is 3.48. The second-order valence-electron chi connectivity index (χ2n) is 5.93. The van der Waals surface area contributed by atoms with E-state index >= 15 is 0 Å². The van der Waals surface area contributed by atoms with Crippen LogP contribution >= 0.6 is 0 Å². The lowest BCUT2D eigenvalue weighted by molar-refractivity contribution is 0.00419. The summed E-state index contributed by atoms with van der Waals surface area (Å²) < 4.78 is 1.99.